The van der Waals surface area contributed by atoms with Gasteiger partial charge in [0.2, 0.25) is 0 Å². The maximum Gasteiger partial charge on any atom is 0.184 e. The topological polar surface area (TPSA) is 38.5 Å². The van der Waals surface area contributed by atoms with Gasteiger partial charge in [-0.15, -0.1) is 0 Å². The molecule has 0 aliphatic rings. The van der Waals surface area contributed by atoms with E-state index in [1.165, 1.54) is 5.56 Å². The highest BCUT2D eigenvalue weighted by molar-refractivity contribution is 9.10. The summed E-state index contributed by atoms with van der Waals surface area (Å²) in [5.41, 5.74) is 5.20. The van der Waals surface area contributed by atoms with E-state index in [4.69, 9.17) is 12.2 Å². The summed E-state index contributed by atoms with van der Waals surface area (Å²) < 4.78 is 5.77. The van der Waals surface area contributed by atoms with E-state index in [2.05, 4.69) is 52.0 Å². The average molecular weight is 351 g/mol. The molecular weight excluding hydrogens is 336 g/mol. The first-order valence-electron chi connectivity index (χ1n) is 6.48. The molecule has 3 aromatic rings. The van der Waals surface area contributed by atoms with Crippen molar-refractivity contribution in [3.63, 3.8) is 0 Å². The number of nitrogens with zero attached hydrogens (tertiary/aromatic N) is 3. The van der Waals surface area contributed by atoms with Gasteiger partial charge in [-0.1, -0.05) is 12.1 Å². The summed E-state index contributed by atoms with van der Waals surface area (Å²) in [5, 5.41) is 4.55. The van der Waals surface area contributed by atoms with Gasteiger partial charge in [-0.25, -0.2) is 4.68 Å². The number of nitrogens with one attached hydrogen (secondary N) is 1. The van der Waals surface area contributed by atoms with Crippen molar-refractivity contribution in [3.05, 3.63) is 38.7 Å². The predicted molar refractivity (Wildman–Crippen MR) is 87.1 cm³/mol. The molecule has 3 rings (SSSR count). The summed E-state index contributed by atoms with van der Waals surface area (Å²) in [6.45, 7) is 6.96. The fourth-order valence-electron chi connectivity index (χ4n) is 2.45. The van der Waals surface area contributed by atoms with Crippen LogP contribution >= 0.6 is 28.1 Å². The van der Waals surface area contributed by atoms with Crippen LogP contribution in [0.1, 0.15) is 18.2 Å². The number of hydrogen-bond acceptors (Lipinski definition) is 2. The maximum absolute atomic E-state index is 5.50. The minimum Gasteiger partial charge on any atom is -0.327 e. The number of H-pyrrole nitrogens is 1. The molecule has 104 valence electrons. The predicted octanol–water partition coefficient (Wildman–Crippen LogP) is 4.28. The first-order chi connectivity index (χ1) is 9.54. The van der Waals surface area contributed by atoms with Gasteiger partial charge in [0, 0.05) is 11.0 Å². The molecule has 0 spiro atoms. The molecule has 0 atom stereocenters. The van der Waals surface area contributed by atoms with Crippen LogP contribution in [0.4, 0.5) is 0 Å². The summed E-state index contributed by atoms with van der Waals surface area (Å²) in [6.07, 6.45) is 0. The molecule has 1 aromatic carbocycles. The molecule has 0 amide bonds. The molecule has 6 heteroatoms. The Hall–Kier alpha value is -1.40. The number of aryl methyl sites for hydroxylation is 3. The Kier molecular flexibility index (Phi) is 3.30. The van der Waals surface area contributed by atoms with Crippen LogP contribution in [0.25, 0.3) is 16.9 Å². The van der Waals surface area contributed by atoms with Gasteiger partial charge in [0.15, 0.2) is 10.4 Å². The fourth-order valence-corrected chi connectivity index (χ4v) is 3.18. The highest BCUT2D eigenvalue weighted by atomic mass is 79.9. The van der Waals surface area contributed by atoms with Crippen LogP contribution in [0, 0.1) is 18.6 Å². The van der Waals surface area contributed by atoms with Gasteiger partial charge in [-0.05, 0) is 60.5 Å². The Morgan fingerprint density at radius 3 is 2.80 bits per heavy atom. The Balaban J connectivity index is 2.44. The number of halogens is 1. The third kappa shape index (κ3) is 1.86. The Bertz CT molecular complexity index is 856. The largest absolute Gasteiger partial charge is 0.327 e. The first kappa shape index (κ1) is 13.6. The van der Waals surface area contributed by atoms with Crippen molar-refractivity contribution >= 4 is 39.3 Å². The highest BCUT2D eigenvalue weighted by Crippen LogP contribution is 2.29. The number of rotatable bonds is 2. The van der Waals surface area contributed by atoms with Crippen molar-refractivity contribution in [3.8, 4) is 5.69 Å². The van der Waals surface area contributed by atoms with Gasteiger partial charge in [-0.3, -0.25) is 4.57 Å². The number of aromatic nitrogens is 4. The van der Waals surface area contributed by atoms with E-state index in [-0.39, 0.29) is 0 Å². The lowest BCUT2D eigenvalue weighted by Gasteiger charge is -2.10. The normalized spacial score (nSPS) is 11.4. The second-order valence-electron chi connectivity index (χ2n) is 4.77. The van der Waals surface area contributed by atoms with E-state index in [1.807, 2.05) is 22.2 Å². The average Bonchev–Trinajstić information content (AvgIpc) is 2.90. The first-order valence-corrected chi connectivity index (χ1v) is 7.68. The minimum atomic E-state index is 0.689. The van der Waals surface area contributed by atoms with E-state index in [9.17, 15) is 0 Å². The number of fused-ring (bicyclic) bond motifs is 1. The van der Waals surface area contributed by atoms with Crippen LogP contribution in [0.3, 0.4) is 0 Å². The third-order valence-corrected chi connectivity index (χ3v) is 4.78. The summed E-state index contributed by atoms with van der Waals surface area (Å²) in [5.74, 6) is 0. The smallest absolute Gasteiger partial charge is 0.184 e. The van der Waals surface area contributed by atoms with Crippen molar-refractivity contribution in [1.29, 1.82) is 0 Å². The number of imidazole rings is 1. The van der Waals surface area contributed by atoms with Crippen LogP contribution < -0.4 is 0 Å². The molecule has 20 heavy (non-hydrogen) atoms. The Labute approximate surface area is 130 Å². The lowest BCUT2D eigenvalue weighted by molar-refractivity contribution is 0.661. The zero-order valence-corrected chi connectivity index (χ0v) is 14.0. The molecule has 1 N–H and O–H groups in total. The minimum absolute atomic E-state index is 0.689. The van der Waals surface area contributed by atoms with E-state index < -0.39 is 0 Å². The van der Waals surface area contributed by atoms with Crippen LogP contribution in [0.5, 0.6) is 0 Å². The van der Waals surface area contributed by atoms with Gasteiger partial charge in [-0.2, -0.15) is 5.10 Å². The number of hydrogen-bond donors (Lipinski definition) is 1. The van der Waals surface area contributed by atoms with E-state index in [0.29, 0.717) is 4.77 Å². The Morgan fingerprint density at radius 1 is 1.35 bits per heavy atom. The SMILES string of the molecule is CCn1nc(C)c2[nH]c(=S)n(-c3cccc(C)c3Br)c21. The summed E-state index contributed by atoms with van der Waals surface area (Å²) in [7, 11) is 0. The van der Waals surface area contributed by atoms with Crippen molar-refractivity contribution in [2.45, 2.75) is 27.3 Å². The molecule has 0 unspecified atom stereocenters. The molecule has 0 saturated carbocycles. The fraction of sp³-hybridized carbons (Fsp3) is 0.286. The third-order valence-electron chi connectivity index (χ3n) is 3.46. The zero-order valence-electron chi connectivity index (χ0n) is 11.6. The second-order valence-corrected chi connectivity index (χ2v) is 5.95. The quantitative estimate of drug-likeness (QED) is 0.700. The van der Waals surface area contributed by atoms with Crippen molar-refractivity contribution in [1.82, 2.24) is 19.3 Å². The lowest BCUT2D eigenvalue weighted by atomic mass is 10.2. The van der Waals surface area contributed by atoms with E-state index in [0.717, 1.165) is 33.6 Å². The molecule has 0 aliphatic carbocycles. The standard InChI is InChI=1S/C14H15BrN4S/c1-4-18-13-12(9(3)17-18)16-14(20)19(13)10-7-5-6-8(2)11(10)15/h5-7H,4H2,1-3H3,(H,16,20). The van der Waals surface area contributed by atoms with Gasteiger partial charge in [0.25, 0.3) is 0 Å². The van der Waals surface area contributed by atoms with Crippen LogP contribution in [-0.2, 0) is 6.54 Å². The molecular formula is C14H15BrN4S. The maximum atomic E-state index is 5.50. The lowest BCUT2D eigenvalue weighted by Crippen LogP contribution is -2.04. The molecule has 0 radical (unpaired) electrons. The van der Waals surface area contributed by atoms with Gasteiger partial charge < -0.3 is 4.98 Å². The Morgan fingerprint density at radius 2 is 2.10 bits per heavy atom. The number of benzene rings is 1. The zero-order chi connectivity index (χ0) is 14.4. The van der Waals surface area contributed by atoms with Crippen LogP contribution in [0.15, 0.2) is 22.7 Å². The van der Waals surface area contributed by atoms with E-state index in [1.54, 1.807) is 0 Å². The van der Waals surface area contributed by atoms with Crippen LogP contribution in [-0.4, -0.2) is 19.3 Å². The molecule has 0 fully saturated rings. The van der Waals surface area contributed by atoms with E-state index >= 15 is 0 Å². The molecule has 2 aromatic heterocycles. The summed E-state index contributed by atoms with van der Waals surface area (Å²) in [4.78, 5) is 3.27. The molecule has 2 heterocycles. The van der Waals surface area contributed by atoms with Gasteiger partial charge in [0.1, 0.15) is 5.52 Å². The summed E-state index contributed by atoms with van der Waals surface area (Å²) in [6, 6.07) is 6.17. The van der Waals surface area contributed by atoms with Crippen molar-refractivity contribution in [2.75, 3.05) is 0 Å². The van der Waals surface area contributed by atoms with Crippen LogP contribution in [0.2, 0.25) is 0 Å². The molecule has 0 aliphatic heterocycles. The molecule has 4 nitrogen and oxygen atoms in total. The monoisotopic (exact) mass is 350 g/mol. The number of aromatic amines is 1. The molecule has 0 saturated heterocycles. The van der Waals surface area contributed by atoms with Crippen molar-refractivity contribution in [2.24, 2.45) is 0 Å². The summed E-state index contributed by atoms with van der Waals surface area (Å²) >= 11 is 9.17. The second kappa shape index (κ2) is 4.86. The van der Waals surface area contributed by atoms with Crippen molar-refractivity contribution < 1.29 is 0 Å². The van der Waals surface area contributed by atoms with Gasteiger partial charge >= 0.3 is 0 Å². The highest BCUT2D eigenvalue weighted by Gasteiger charge is 2.16. The molecule has 0 bridgehead atoms. The van der Waals surface area contributed by atoms with Gasteiger partial charge in [0.05, 0.1) is 11.4 Å².